The first-order valence-electron chi connectivity index (χ1n) is 6.31. The molecule has 0 spiro atoms. The number of sulfonamides is 1. The van der Waals surface area contributed by atoms with Crippen LogP contribution in [0.3, 0.4) is 0 Å². The zero-order chi connectivity index (χ0) is 15.0. The molecule has 3 aromatic rings. The molecule has 0 atom stereocenters. The summed E-state index contributed by atoms with van der Waals surface area (Å²) < 4.78 is 25.5. The van der Waals surface area contributed by atoms with Crippen molar-refractivity contribution in [1.29, 1.82) is 0 Å². The standard InChI is InChI=1S/C14H14N4O2S/c1-18(2)21(19,20)11-5-3-4-10(8-11)13-9-16-14-12(17-13)6-7-15-14/h3-9H,1-2H3,(H,15,16). The number of fused-ring (bicyclic) bond motifs is 1. The lowest BCUT2D eigenvalue weighted by atomic mass is 10.2. The first-order chi connectivity index (χ1) is 9.98. The van der Waals surface area contributed by atoms with Gasteiger partial charge in [0.1, 0.15) is 5.52 Å². The Morgan fingerprint density at radius 2 is 2.00 bits per heavy atom. The van der Waals surface area contributed by atoms with E-state index < -0.39 is 10.0 Å². The Morgan fingerprint density at radius 1 is 1.19 bits per heavy atom. The lowest BCUT2D eigenvalue weighted by Gasteiger charge is -2.12. The first kappa shape index (κ1) is 13.7. The van der Waals surface area contributed by atoms with Crippen LogP contribution in [-0.2, 0) is 10.0 Å². The molecular formula is C14H14N4O2S. The summed E-state index contributed by atoms with van der Waals surface area (Å²) in [6, 6.07) is 8.52. The Balaban J connectivity index is 2.11. The lowest BCUT2D eigenvalue weighted by molar-refractivity contribution is 0.521. The molecule has 6 nitrogen and oxygen atoms in total. The average Bonchev–Trinajstić information content (AvgIpc) is 2.94. The van der Waals surface area contributed by atoms with E-state index >= 15 is 0 Å². The quantitative estimate of drug-likeness (QED) is 0.801. The van der Waals surface area contributed by atoms with Gasteiger partial charge in [-0.2, -0.15) is 0 Å². The van der Waals surface area contributed by atoms with Gasteiger partial charge in [-0.1, -0.05) is 12.1 Å². The molecule has 7 heteroatoms. The summed E-state index contributed by atoms with van der Waals surface area (Å²) in [5, 5.41) is 0. The number of nitrogens with zero attached hydrogens (tertiary/aromatic N) is 3. The third-order valence-electron chi connectivity index (χ3n) is 3.17. The van der Waals surface area contributed by atoms with Crippen LogP contribution in [-0.4, -0.2) is 41.8 Å². The van der Waals surface area contributed by atoms with E-state index in [1.165, 1.54) is 18.4 Å². The molecule has 108 valence electrons. The Kier molecular flexibility index (Phi) is 3.23. The van der Waals surface area contributed by atoms with Crippen molar-refractivity contribution in [1.82, 2.24) is 19.3 Å². The molecule has 2 aromatic heterocycles. The fraction of sp³-hybridized carbons (Fsp3) is 0.143. The van der Waals surface area contributed by atoms with Crippen LogP contribution in [0.4, 0.5) is 0 Å². The van der Waals surface area contributed by atoms with Crippen molar-refractivity contribution in [3.05, 3.63) is 42.7 Å². The Hall–Kier alpha value is -2.25. The minimum absolute atomic E-state index is 0.237. The lowest BCUT2D eigenvalue weighted by Crippen LogP contribution is -2.22. The van der Waals surface area contributed by atoms with Gasteiger partial charge in [0.25, 0.3) is 0 Å². The summed E-state index contributed by atoms with van der Waals surface area (Å²) in [4.78, 5) is 11.9. The second kappa shape index (κ2) is 4.94. The summed E-state index contributed by atoms with van der Waals surface area (Å²) in [6.45, 7) is 0. The van der Waals surface area contributed by atoms with Gasteiger partial charge < -0.3 is 4.98 Å². The van der Waals surface area contributed by atoms with Gasteiger partial charge in [-0.3, -0.25) is 0 Å². The van der Waals surface area contributed by atoms with Crippen molar-refractivity contribution in [3.63, 3.8) is 0 Å². The maximum absolute atomic E-state index is 12.2. The van der Waals surface area contributed by atoms with Gasteiger partial charge in [0.05, 0.1) is 16.8 Å². The van der Waals surface area contributed by atoms with Gasteiger partial charge in [-0.25, -0.2) is 22.7 Å². The topological polar surface area (TPSA) is 79.0 Å². The molecule has 1 aromatic carbocycles. The molecule has 0 aliphatic rings. The SMILES string of the molecule is CN(C)S(=O)(=O)c1cccc(-c2cnc3[nH]ccc3n2)c1. The minimum atomic E-state index is -3.46. The van der Waals surface area contributed by atoms with Crippen LogP contribution in [0.25, 0.3) is 22.4 Å². The van der Waals surface area contributed by atoms with Gasteiger partial charge in [-0.05, 0) is 18.2 Å². The maximum Gasteiger partial charge on any atom is 0.242 e. The Labute approximate surface area is 122 Å². The monoisotopic (exact) mass is 302 g/mol. The number of aromatic nitrogens is 3. The van der Waals surface area contributed by atoms with Crippen molar-refractivity contribution in [3.8, 4) is 11.3 Å². The van der Waals surface area contributed by atoms with Crippen LogP contribution in [0.2, 0.25) is 0 Å². The van der Waals surface area contributed by atoms with Crippen molar-refractivity contribution in [2.24, 2.45) is 0 Å². The minimum Gasteiger partial charge on any atom is -0.345 e. The van der Waals surface area contributed by atoms with Crippen molar-refractivity contribution >= 4 is 21.2 Å². The molecule has 1 N–H and O–H groups in total. The van der Waals surface area contributed by atoms with E-state index in [9.17, 15) is 8.42 Å². The predicted octanol–water partition coefficient (Wildman–Crippen LogP) is 1.88. The number of hydrogen-bond acceptors (Lipinski definition) is 4. The number of H-pyrrole nitrogens is 1. The number of nitrogens with one attached hydrogen (secondary N) is 1. The first-order valence-corrected chi connectivity index (χ1v) is 7.75. The highest BCUT2D eigenvalue weighted by atomic mass is 32.2. The highest BCUT2D eigenvalue weighted by Gasteiger charge is 2.17. The number of hydrogen-bond donors (Lipinski definition) is 1. The van der Waals surface area contributed by atoms with Crippen molar-refractivity contribution in [2.75, 3.05) is 14.1 Å². The highest BCUT2D eigenvalue weighted by molar-refractivity contribution is 7.89. The summed E-state index contributed by atoms with van der Waals surface area (Å²) >= 11 is 0. The molecule has 2 heterocycles. The summed E-state index contributed by atoms with van der Waals surface area (Å²) in [6.07, 6.45) is 3.39. The fourth-order valence-electron chi connectivity index (χ4n) is 2.00. The molecule has 0 amide bonds. The second-order valence-electron chi connectivity index (χ2n) is 4.78. The molecule has 0 bridgehead atoms. The molecule has 0 unspecified atom stereocenters. The number of rotatable bonds is 3. The molecule has 0 aliphatic carbocycles. The van der Waals surface area contributed by atoms with Gasteiger partial charge >= 0.3 is 0 Å². The van der Waals surface area contributed by atoms with Crippen LogP contribution in [0.5, 0.6) is 0 Å². The Bertz CT molecular complexity index is 900. The third-order valence-corrected chi connectivity index (χ3v) is 4.98. The molecular weight excluding hydrogens is 288 g/mol. The van der Waals surface area contributed by atoms with Crippen LogP contribution < -0.4 is 0 Å². The molecule has 21 heavy (non-hydrogen) atoms. The zero-order valence-corrected chi connectivity index (χ0v) is 12.4. The van der Waals surface area contributed by atoms with Crippen LogP contribution in [0.1, 0.15) is 0 Å². The summed E-state index contributed by atoms with van der Waals surface area (Å²) in [5.41, 5.74) is 2.80. The summed E-state index contributed by atoms with van der Waals surface area (Å²) in [7, 11) is -0.445. The van der Waals surface area contributed by atoms with E-state index in [0.29, 0.717) is 16.9 Å². The van der Waals surface area contributed by atoms with Crippen LogP contribution in [0, 0.1) is 0 Å². The predicted molar refractivity (Wildman–Crippen MR) is 80.2 cm³/mol. The maximum atomic E-state index is 12.2. The number of aromatic amines is 1. The normalized spacial score (nSPS) is 12.1. The second-order valence-corrected chi connectivity index (χ2v) is 6.93. The summed E-state index contributed by atoms with van der Waals surface area (Å²) in [5.74, 6) is 0. The molecule has 0 aliphatic heterocycles. The number of benzene rings is 1. The average molecular weight is 302 g/mol. The van der Waals surface area contributed by atoms with Crippen molar-refractivity contribution < 1.29 is 8.42 Å². The third kappa shape index (κ3) is 2.41. The van der Waals surface area contributed by atoms with E-state index in [4.69, 9.17) is 0 Å². The molecule has 0 fully saturated rings. The van der Waals surface area contributed by atoms with E-state index in [1.807, 2.05) is 12.1 Å². The van der Waals surface area contributed by atoms with Gasteiger partial charge in [0.2, 0.25) is 10.0 Å². The van der Waals surface area contributed by atoms with Crippen LogP contribution in [0.15, 0.2) is 47.6 Å². The van der Waals surface area contributed by atoms with E-state index in [-0.39, 0.29) is 4.90 Å². The van der Waals surface area contributed by atoms with E-state index in [1.54, 1.807) is 30.6 Å². The van der Waals surface area contributed by atoms with E-state index in [2.05, 4.69) is 15.0 Å². The zero-order valence-electron chi connectivity index (χ0n) is 11.6. The Morgan fingerprint density at radius 3 is 2.76 bits per heavy atom. The molecule has 0 saturated heterocycles. The van der Waals surface area contributed by atoms with Crippen LogP contribution >= 0.6 is 0 Å². The van der Waals surface area contributed by atoms with Gasteiger partial charge in [0, 0.05) is 25.9 Å². The van der Waals surface area contributed by atoms with Crippen molar-refractivity contribution in [2.45, 2.75) is 4.90 Å². The fourth-order valence-corrected chi connectivity index (χ4v) is 2.94. The smallest absolute Gasteiger partial charge is 0.242 e. The molecule has 0 saturated carbocycles. The molecule has 3 rings (SSSR count). The molecule has 0 radical (unpaired) electrons. The van der Waals surface area contributed by atoms with Gasteiger partial charge in [-0.15, -0.1) is 0 Å². The highest BCUT2D eigenvalue weighted by Crippen LogP contribution is 2.23. The van der Waals surface area contributed by atoms with E-state index in [0.717, 1.165) is 5.52 Å². The van der Waals surface area contributed by atoms with Gasteiger partial charge in [0.15, 0.2) is 5.65 Å². The largest absolute Gasteiger partial charge is 0.345 e.